The van der Waals surface area contributed by atoms with E-state index >= 15 is 0 Å². The summed E-state index contributed by atoms with van der Waals surface area (Å²) in [5, 5.41) is 7.03. The monoisotopic (exact) mass is 383 g/mol. The van der Waals surface area contributed by atoms with Gasteiger partial charge in [0, 0.05) is 35.8 Å². The first-order valence-electron chi connectivity index (χ1n) is 9.31. The minimum Gasteiger partial charge on any atom is -0.337 e. The van der Waals surface area contributed by atoms with Crippen molar-refractivity contribution >= 4 is 29.1 Å². The fourth-order valence-corrected chi connectivity index (χ4v) is 4.00. The second-order valence-electron chi connectivity index (χ2n) is 7.18. The summed E-state index contributed by atoms with van der Waals surface area (Å²) in [4.78, 5) is 27.6. The maximum absolute atomic E-state index is 13.1. The van der Waals surface area contributed by atoms with Gasteiger partial charge in [-0.3, -0.25) is 9.59 Å². The van der Waals surface area contributed by atoms with Crippen molar-refractivity contribution in [3.05, 3.63) is 64.7 Å². The van der Waals surface area contributed by atoms with Gasteiger partial charge in [-0.25, -0.2) is 0 Å². The first-order valence-corrected chi connectivity index (χ1v) is 9.69. The van der Waals surface area contributed by atoms with Crippen LogP contribution in [0.2, 0.25) is 5.02 Å². The summed E-state index contributed by atoms with van der Waals surface area (Å²) in [7, 11) is 0. The molecule has 140 valence electrons. The van der Waals surface area contributed by atoms with E-state index < -0.39 is 0 Å². The molecule has 2 amide bonds. The highest BCUT2D eigenvalue weighted by molar-refractivity contribution is 6.30. The number of amides is 2. The summed E-state index contributed by atoms with van der Waals surface area (Å²) in [5.41, 5.74) is 1.56. The Labute approximate surface area is 163 Å². The minimum absolute atomic E-state index is 0.0312. The van der Waals surface area contributed by atoms with Gasteiger partial charge in [-0.15, -0.1) is 0 Å². The van der Waals surface area contributed by atoms with Gasteiger partial charge in [0.15, 0.2) is 0 Å². The standard InChI is InChI=1S/C21H22ClN3O2/c22-15-7-5-14(6-8-15)20(26)24-19-4-2-1-3-18(19)21(27)25-12-11-16-9-10-17(13-25)23-16/h1-8,16-17,23H,9-13H2,(H,24,26). The Balaban J connectivity index is 1.52. The zero-order valence-electron chi connectivity index (χ0n) is 15.0. The van der Waals surface area contributed by atoms with Crippen molar-refractivity contribution < 1.29 is 9.59 Å². The first-order chi connectivity index (χ1) is 13.1. The van der Waals surface area contributed by atoms with E-state index in [0.717, 1.165) is 25.9 Å². The van der Waals surface area contributed by atoms with E-state index in [0.29, 0.717) is 33.9 Å². The lowest BCUT2D eigenvalue weighted by atomic mass is 10.1. The lowest BCUT2D eigenvalue weighted by molar-refractivity contribution is 0.0749. The number of nitrogens with zero attached hydrogens (tertiary/aromatic N) is 1. The summed E-state index contributed by atoms with van der Waals surface area (Å²) in [6.07, 6.45) is 3.28. The van der Waals surface area contributed by atoms with Gasteiger partial charge >= 0.3 is 0 Å². The third-order valence-corrected chi connectivity index (χ3v) is 5.57. The van der Waals surface area contributed by atoms with Crippen LogP contribution in [-0.2, 0) is 0 Å². The number of likely N-dealkylation sites (tertiary alicyclic amines) is 1. The van der Waals surface area contributed by atoms with Crippen LogP contribution in [0.25, 0.3) is 0 Å². The van der Waals surface area contributed by atoms with Gasteiger partial charge in [-0.05, 0) is 55.7 Å². The molecular weight excluding hydrogens is 362 g/mol. The fraction of sp³-hybridized carbons (Fsp3) is 0.333. The van der Waals surface area contributed by atoms with E-state index in [9.17, 15) is 9.59 Å². The number of anilines is 1. The number of halogens is 1. The van der Waals surface area contributed by atoms with Crippen molar-refractivity contribution in [3.8, 4) is 0 Å². The Morgan fingerprint density at radius 1 is 1.00 bits per heavy atom. The topological polar surface area (TPSA) is 61.4 Å². The van der Waals surface area contributed by atoms with E-state index in [2.05, 4.69) is 10.6 Å². The highest BCUT2D eigenvalue weighted by Crippen LogP contribution is 2.24. The minimum atomic E-state index is -0.261. The number of fused-ring (bicyclic) bond motifs is 2. The molecule has 2 fully saturated rings. The van der Waals surface area contributed by atoms with Gasteiger partial charge in [-0.2, -0.15) is 0 Å². The molecule has 2 saturated heterocycles. The Kier molecular flexibility index (Phi) is 5.14. The molecule has 2 unspecified atom stereocenters. The molecule has 0 saturated carbocycles. The third kappa shape index (κ3) is 3.99. The number of benzene rings is 2. The highest BCUT2D eigenvalue weighted by Gasteiger charge is 2.32. The van der Waals surface area contributed by atoms with Crippen LogP contribution in [0.1, 0.15) is 40.0 Å². The van der Waals surface area contributed by atoms with Crippen LogP contribution < -0.4 is 10.6 Å². The van der Waals surface area contributed by atoms with Crippen LogP contribution in [0.15, 0.2) is 48.5 Å². The first kappa shape index (κ1) is 18.0. The summed E-state index contributed by atoms with van der Waals surface area (Å²) >= 11 is 5.88. The largest absolute Gasteiger partial charge is 0.337 e. The van der Waals surface area contributed by atoms with E-state index in [-0.39, 0.29) is 11.8 Å². The van der Waals surface area contributed by atoms with Crippen LogP contribution in [0, 0.1) is 0 Å². The van der Waals surface area contributed by atoms with Crippen LogP contribution in [0.4, 0.5) is 5.69 Å². The van der Waals surface area contributed by atoms with Crippen LogP contribution in [0.5, 0.6) is 0 Å². The third-order valence-electron chi connectivity index (χ3n) is 5.32. The molecular formula is C21H22ClN3O2. The molecule has 2 heterocycles. The van der Waals surface area contributed by atoms with E-state index in [1.165, 1.54) is 6.42 Å². The Hall–Kier alpha value is -2.37. The van der Waals surface area contributed by atoms with Gasteiger partial charge in [0.2, 0.25) is 0 Å². The zero-order valence-corrected chi connectivity index (χ0v) is 15.7. The van der Waals surface area contributed by atoms with Gasteiger partial charge in [-0.1, -0.05) is 23.7 Å². The molecule has 6 heteroatoms. The average molecular weight is 384 g/mol. The van der Waals surface area contributed by atoms with Crippen molar-refractivity contribution in [2.45, 2.75) is 31.3 Å². The molecule has 0 aliphatic carbocycles. The predicted octanol–water partition coefficient (Wildman–Crippen LogP) is 3.56. The van der Waals surface area contributed by atoms with Crippen LogP contribution in [0.3, 0.4) is 0 Å². The number of carbonyl (C=O) groups excluding carboxylic acids is 2. The molecule has 0 radical (unpaired) electrons. The number of para-hydroxylation sites is 1. The average Bonchev–Trinajstić information content (AvgIpc) is 3.01. The molecule has 2 bridgehead atoms. The molecule has 2 aromatic carbocycles. The fourth-order valence-electron chi connectivity index (χ4n) is 3.87. The molecule has 0 aromatic heterocycles. The maximum atomic E-state index is 13.1. The summed E-state index contributed by atoms with van der Waals surface area (Å²) in [6.45, 7) is 1.46. The smallest absolute Gasteiger partial charge is 0.256 e. The quantitative estimate of drug-likeness (QED) is 0.851. The van der Waals surface area contributed by atoms with Crippen molar-refractivity contribution in [3.63, 3.8) is 0 Å². The summed E-state index contributed by atoms with van der Waals surface area (Å²) in [6, 6.07) is 14.8. The van der Waals surface area contributed by atoms with Gasteiger partial charge in [0.25, 0.3) is 11.8 Å². The van der Waals surface area contributed by atoms with Crippen molar-refractivity contribution in [1.29, 1.82) is 0 Å². The van der Waals surface area contributed by atoms with E-state index in [1.807, 2.05) is 17.0 Å². The van der Waals surface area contributed by atoms with Crippen LogP contribution in [-0.4, -0.2) is 41.9 Å². The molecule has 5 nitrogen and oxygen atoms in total. The lowest BCUT2D eigenvalue weighted by Gasteiger charge is -2.25. The van der Waals surface area contributed by atoms with E-state index in [4.69, 9.17) is 11.6 Å². The number of rotatable bonds is 3. The van der Waals surface area contributed by atoms with Crippen molar-refractivity contribution in [2.24, 2.45) is 0 Å². The van der Waals surface area contributed by atoms with Crippen molar-refractivity contribution in [2.75, 3.05) is 18.4 Å². The normalized spacial score (nSPS) is 21.6. The van der Waals surface area contributed by atoms with Gasteiger partial charge in [0.05, 0.1) is 11.3 Å². The zero-order chi connectivity index (χ0) is 18.8. The molecule has 2 atom stereocenters. The number of hydrogen-bond acceptors (Lipinski definition) is 3. The molecule has 0 spiro atoms. The molecule has 4 rings (SSSR count). The van der Waals surface area contributed by atoms with Crippen LogP contribution >= 0.6 is 11.6 Å². The van der Waals surface area contributed by atoms with E-state index in [1.54, 1.807) is 36.4 Å². The molecule has 2 aliphatic heterocycles. The number of hydrogen-bond donors (Lipinski definition) is 2. The Morgan fingerprint density at radius 2 is 1.74 bits per heavy atom. The number of nitrogens with one attached hydrogen (secondary N) is 2. The summed E-state index contributed by atoms with van der Waals surface area (Å²) in [5.74, 6) is -0.292. The second kappa shape index (κ2) is 7.71. The highest BCUT2D eigenvalue weighted by atomic mass is 35.5. The molecule has 2 aliphatic rings. The SMILES string of the molecule is O=C(Nc1ccccc1C(=O)N1CCC2CCC(C1)N2)c1ccc(Cl)cc1. The van der Waals surface area contributed by atoms with Crippen molar-refractivity contribution in [1.82, 2.24) is 10.2 Å². The van der Waals surface area contributed by atoms with Gasteiger partial charge in [0.1, 0.15) is 0 Å². The lowest BCUT2D eigenvalue weighted by Crippen LogP contribution is -2.39. The predicted molar refractivity (Wildman–Crippen MR) is 106 cm³/mol. The second-order valence-corrected chi connectivity index (χ2v) is 7.62. The molecule has 2 N–H and O–H groups in total. The molecule has 2 aromatic rings. The number of carbonyl (C=O) groups is 2. The Bertz CT molecular complexity index is 853. The maximum Gasteiger partial charge on any atom is 0.256 e. The van der Waals surface area contributed by atoms with Gasteiger partial charge < -0.3 is 15.5 Å². The Morgan fingerprint density at radius 3 is 2.56 bits per heavy atom. The summed E-state index contributed by atoms with van der Waals surface area (Å²) < 4.78 is 0. The molecule has 27 heavy (non-hydrogen) atoms.